The first-order valence-electron chi connectivity index (χ1n) is 5.65. The largest absolute Gasteiger partial charge is 0.437 e. The molecule has 0 N–H and O–H groups in total. The van der Waals surface area contributed by atoms with E-state index in [9.17, 15) is 10.1 Å². The normalized spacial score (nSPS) is 10.3. The van der Waals surface area contributed by atoms with Crippen LogP contribution in [0, 0.1) is 10.1 Å². The lowest BCUT2D eigenvalue weighted by Crippen LogP contribution is -1.97. The van der Waals surface area contributed by atoms with Crippen LogP contribution >= 0.6 is 23.2 Å². The zero-order valence-electron chi connectivity index (χ0n) is 10.3. The fourth-order valence-electron chi connectivity index (χ4n) is 1.45. The summed E-state index contributed by atoms with van der Waals surface area (Å²) in [6, 6.07) is 5.32. The third-order valence-electron chi connectivity index (χ3n) is 2.37. The molecule has 1 heterocycles. The van der Waals surface area contributed by atoms with Gasteiger partial charge in [0, 0.05) is 18.6 Å². The Hall–Kier alpha value is -1.92. The molecule has 0 amide bonds. The quantitative estimate of drug-likeness (QED) is 0.483. The molecule has 0 radical (unpaired) electrons. The fourth-order valence-corrected chi connectivity index (χ4v) is 1.80. The van der Waals surface area contributed by atoms with Gasteiger partial charge in [-0.2, -0.15) is 4.98 Å². The van der Waals surface area contributed by atoms with E-state index in [1.807, 2.05) is 6.92 Å². The third kappa shape index (κ3) is 3.34. The van der Waals surface area contributed by atoms with Crippen molar-refractivity contribution in [2.45, 2.75) is 13.3 Å². The molecule has 0 aliphatic rings. The van der Waals surface area contributed by atoms with Gasteiger partial charge in [0.15, 0.2) is 5.75 Å². The summed E-state index contributed by atoms with van der Waals surface area (Å²) in [4.78, 5) is 18.3. The van der Waals surface area contributed by atoms with Gasteiger partial charge in [-0.25, -0.2) is 4.98 Å². The van der Waals surface area contributed by atoms with Gasteiger partial charge in [-0.3, -0.25) is 10.1 Å². The molecule has 20 heavy (non-hydrogen) atoms. The van der Waals surface area contributed by atoms with Gasteiger partial charge in [0.25, 0.3) is 5.69 Å². The van der Waals surface area contributed by atoms with Crippen LogP contribution in [0.4, 0.5) is 5.69 Å². The number of nitro groups is 1. The van der Waals surface area contributed by atoms with E-state index < -0.39 is 4.92 Å². The van der Waals surface area contributed by atoms with Crippen LogP contribution in [0.2, 0.25) is 10.2 Å². The molecule has 6 nitrogen and oxygen atoms in total. The highest BCUT2D eigenvalue weighted by atomic mass is 35.5. The number of non-ortho nitro benzene ring substituents is 1. The molecular weight excluding hydrogens is 305 g/mol. The Morgan fingerprint density at radius 2 is 2.05 bits per heavy atom. The maximum absolute atomic E-state index is 10.7. The Balaban J connectivity index is 2.36. The predicted octanol–water partition coefficient (Wildman–Crippen LogP) is 4.05. The lowest BCUT2D eigenvalue weighted by molar-refractivity contribution is -0.384. The number of hydrogen-bond donors (Lipinski definition) is 0. The van der Waals surface area contributed by atoms with Gasteiger partial charge >= 0.3 is 0 Å². The first-order chi connectivity index (χ1) is 9.49. The predicted molar refractivity (Wildman–Crippen MR) is 74.6 cm³/mol. The van der Waals surface area contributed by atoms with E-state index in [4.69, 9.17) is 27.9 Å². The number of ether oxygens (including phenoxy) is 1. The minimum atomic E-state index is -0.534. The van der Waals surface area contributed by atoms with E-state index in [0.29, 0.717) is 12.2 Å². The number of aromatic nitrogens is 2. The second-order valence-electron chi connectivity index (χ2n) is 3.77. The van der Waals surface area contributed by atoms with E-state index in [-0.39, 0.29) is 27.5 Å². The number of nitro benzene ring substituents is 1. The van der Waals surface area contributed by atoms with Crippen molar-refractivity contribution in [3.8, 4) is 11.6 Å². The number of aryl methyl sites for hydroxylation is 1. The van der Waals surface area contributed by atoms with Gasteiger partial charge in [0.05, 0.1) is 16.0 Å². The number of hydrogen-bond acceptors (Lipinski definition) is 5. The zero-order chi connectivity index (χ0) is 14.7. The second-order valence-corrected chi connectivity index (χ2v) is 4.57. The van der Waals surface area contributed by atoms with Gasteiger partial charge in [-0.1, -0.05) is 30.1 Å². The summed E-state index contributed by atoms with van der Waals surface area (Å²) in [6.45, 7) is 1.87. The van der Waals surface area contributed by atoms with Crippen molar-refractivity contribution in [3.05, 3.63) is 50.4 Å². The lowest BCUT2D eigenvalue weighted by Gasteiger charge is -2.07. The second kappa shape index (κ2) is 6.02. The summed E-state index contributed by atoms with van der Waals surface area (Å²) in [7, 11) is 0. The first kappa shape index (κ1) is 14.5. The fraction of sp³-hybridized carbons (Fsp3) is 0.167. The molecule has 1 aromatic heterocycles. The summed E-state index contributed by atoms with van der Waals surface area (Å²) < 4.78 is 5.45. The summed E-state index contributed by atoms with van der Waals surface area (Å²) in [5.41, 5.74) is -0.125. The number of benzene rings is 1. The van der Waals surface area contributed by atoms with Crippen LogP contribution in [-0.4, -0.2) is 14.9 Å². The zero-order valence-corrected chi connectivity index (χ0v) is 11.9. The molecule has 0 atom stereocenters. The summed E-state index contributed by atoms with van der Waals surface area (Å²) in [6.07, 6.45) is 0.583. The van der Waals surface area contributed by atoms with Crippen molar-refractivity contribution in [2.24, 2.45) is 0 Å². The Morgan fingerprint density at radius 3 is 2.70 bits per heavy atom. The van der Waals surface area contributed by atoms with Crippen LogP contribution in [0.15, 0.2) is 24.3 Å². The molecule has 2 rings (SSSR count). The Labute approximate surface area is 124 Å². The first-order valence-corrected chi connectivity index (χ1v) is 6.40. The van der Waals surface area contributed by atoms with Gasteiger partial charge < -0.3 is 4.74 Å². The highest BCUT2D eigenvalue weighted by Gasteiger charge is 2.13. The van der Waals surface area contributed by atoms with Crippen molar-refractivity contribution >= 4 is 28.9 Å². The molecular formula is C12H9Cl2N3O3. The SMILES string of the molecule is CCc1nc(Cl)cc(Oc2cc([N+](=O)[O-])ccc2Cl)n1. The minimum Gasteiger partial charge on any atom is -0.437 e. The van der Waals surface area contributed by atoms with Crippen LogP contribution < -0.4 is 4.74 Å². The van der Waals surface area contributed by atoms with Crippen LogP contribution in [-0.2, 0) is 6.42 Å². The highest BCUT2D eigenvalue weighted by molar-refractivity contribution is 6.32. The average molecular weight is 314 g/mol. The number of halogens is 2. The van der Waals surface area contributed by atoms with Gasteiger partial charge in [-0.15, -0.1) is 0 Å². The summed E-state index contributed by atoms with van der Waals surface area (Å²) in [5, 5.41) is 11.2. The topological polar surface area (TPSA) is 78.2 Å². The lowest BCUT2D eigenvalue weighted by atomic mass is 10.3. The third-order valence-corrected chi connectivity index (χ3v) is 2.88. The van der Waals surface area contributed by atoms with E-state index in [2.05, 4.69) is 9.97 Å². The number of nitrogens with zero attached hydrogens (tertiary/aromatic N) is 3. The Bertz CT molecular complexity index is 664. The van der Waals surface area contributed by atoms with Gasteiger partial charge in [0.2, 0.25) is 5.88 Å². The standard InChI is InChI=1S/C12H9Cl2N3O3/c1-2-11-15-10(14)6-12(16-11)20-9-5-7(17(18)19)3-4-8(9)13/h3-6H,2H2,1H3. The average Bonchev–Trinajstić information content (AvgIpc) is 2.40. The maximum atomic E-state index is 10.7. The molecule has 0 bridgehead atoms. The van der Waals surface area contributed by atoms with Crippen molar-refractivity contribution in [1.29, 1.82) is 0 Å². The van der Waals surface area contributed by atoms with Crippen molar-refractivity contribution < 1.29 is 9.66 Å². The Kier molecular flexibility index (Phi) is 4.36. The van der Waals surface area contributed by atoms with Crippen molar-refractivity contribution in [1.82, 2.24) is 9.97 Å². The minimum absolute atomic E-state index is 0.125. The van der Waals surface area contributed by atoms with E-state index in [1.165, 1.54) is 24.3 Å². The molecule has 0 aliphatic heterocycles. The molecule has 0 unspecified atom stereocenters. The van der Waals surface area contributed by atoms with Gasteiger partial charge in [0.1, 0.15) is 11.0 Å². The van der Waals surface area contributed by atoms with E-state index in [0.717, 1.165) is 0 Å². The Morgan fingerprint density at radius 1 is 1.30 bits per heavy atom. The van der Waals surface area contributed by atoms with Crippen molar-refractivity contribution in [3.63, 3.8) is 0 Å². The number of rotatable bonds is 4. The van der Waals surface area contributed by atoms with E-state index in [1.54, 1.807) is 0 Å². The van der Waals surface area contributed by atoms with Crippen LogP contribution in [0.25, 0.3) is 0 Å². The molecule has 0 saturated heterocycles. The van der Waals surface area contributed by atoms with Gasteiger partial charge in [-0.05, 0) is 6.07 Å². The molecule has 0 saturated carbocycles. The maximum Gasteiger partial charge on any atom is 0.273 e. The molecule has 8 heteroatoms. The molecule has 0 fully saturated rings. The van der Waals surface area contributed by atoms with Crippen LogP contribution in [0.5, 0.6) is 11.6 Å². The highest BCUT2D eigenvalue weighted by Crippen LogP contribution is 2.32. The molecule has 104 valence electrons. The van der Waals surface area contributed by atoms with Crippen LogP contribution in [0.3, 0.4) is 0 Å². The monoisotopic (exact) mass is 313 g/mol. The van der Waals surface area contributed by atoms with Crippen molar-refractivity contribution in [2.75, 3.05) is 0 Å². The van der Waals surface area contributed by atoms with E-state index >= 15 is 0 Å². The molecule has 1 aromatic carbocycles. The molecule has 2 aromatic rings. The molecule has 0 aliphatic carbocycles. The molecule has 0 spiro atoms. The summed E-state index contributed by atoms with van der Waals surface area (Å²) in [5.74, 6) is 0.830. The summed E-state index contributed by atoms with van der Waals surface area (Å²) >= 11 is 11.8. The van der Waals surface area contributed by atoms with Crippen LogP contribution in [0.1, 0.15) is 12.7 Å². The smallest absolute Gasteiger partial charge is 0.273 e.